The molecule has 0 atom stereocenters. The SMILES string of the molecule is COc1cccc(N(C(N)=S)c2ccc3[nH]c(C)c(CCN(C)CCc4ccncc4)c3c2)c1.O=C(O)CC(=O)O. The van der Waals surface area contributed by atoms with Crippen LogP contribution in [0.2, 0.25) is 0 Å². The first kappa shape index (κ1) is 31.1. The Bertz CT molecular complexity index is 1480. The Morgan fingerprint density at radius 1 is 1.00 bits per heavy atom. The summed E-state index contributed by atoms with van der Waals surface area (Å²) in [4.78, 5) is 30.7. The van der Waals surface area contributed by atoms with Crippen LogP contribution >= 0.6 is 12.2 Å². The molecule has 2 aromatic heterocycles. The highest BCUT2D eigenvalue weighted by Gasteiger charge is 2.16. The third kappa shape index (κ3) is 9.02. The molecule has 0 spiro atoms. The normalized spacial score (nSPS) is 10.6. The standard InChI is InChI=1S/C27H31N5OS.C3H4O4/c1-19-24(12-16-31(2)15-11-20-9-13-29-14-10-20)25-18-22(7-8-26(25)30-19)32(27(28)34)21-5-4-6-23(17-21)33-3;4-2(5)1-3(6)7/h4-10,13-14,17-18,30H,11-12,15-16H2,1-3H3,(H2,28,34);1H2,(H,4,5)(H,6,7). The Morgan fingerprint density at radius 3 is 2.27 bits per heavy atom. The summed E-state index contributed by atoms with van der Waals surface area (Å²) in [7, 11) is 3.83. The first-order valence-electron chi connectivity index (χ1n) is 12.9. The van der Waals surface area contributed by atoms with E-state index in [1.165, 1.54) is 22.2 Å². The molecule has 216 valence electrons. The summed E-state index contributed by atoms with van der Waals surface area (Å²) >= 11 is 5.42. The zero-order valence-corrected chi connectivity index (χ0v) is 24.1. The average Bonchev–Trinajstić information content (AvgIpc) is 3.25. The fraction of sp³-hybridized carbons (Fsp3) is 0.267. The van der Waals surface area contributed by atoms with Gasteiger partial charge in [-0.3, -0.25) is 19.5 Å². The molecule has 0 saturated carbocycles. The summed E-state index contributed by atoms with van der Waals surface area (Å²) in [5.41, 5.74) is 12.9. The molecule has 2 aromatic carbocycles. The molecule has 2 heterocycles. The number of aryl methyl sites for hydroxylation is 1. The molecule has 0 radical (unpaired) electrons. The molecule has 10 nitrogen and oxygen atoms in total. The summed E-state index contributed by atoms with van der Waals surface area (Å²) < 4.78 is 5.39. The summed E-state index contributed by atoms with van der Waals surface area (Å²) in [5.74, 6) is -1.87. The van der Waals surface area contributed by atoms with E-state index in [4.69, 9.17) is 32.9 Å². The second kappa shape index (κ2) is 14.8. The van der Waals surface area contributed by atoms with Gasteiger partial charge < -0.3 is 30.6 Å². The minimum Gasteiger partial charge on any atom is -0.497 e. The summed E-state index contributed by atoms with van der Waals surface area (Å²) in [6.07, 6.45) is 4.86. The second-order valence-corrected chi connectivity index (χ2v) is 9.87. The van der Waals surface area contributed by atoms with Crippen molar-refractivity contribution in [2.24, 2.45) is 5.73 Å². The monoisotopic (exact) mass is 577 g/mol. The number of carboxylic acids is 2. The second-order valence-electron chi connectivity index (χ2n) is 9.46. The summed E-state index contributed by atoms with van der Waals surface area (Å²) in [6.45, 7) is 4.11. The number of benzene rings is 2. The van der Waals surface area contributed by atoms with E-state index in [0.29, 0.717) is 0 Å². The molecule has 41 heavy (non-hydrogen) atoms. The van der Waals surface area contributed by atoms with Crippen LogP contribution in [-0.4, -0.2) is 69.4 Å². The van der Waals surface area contributed by atoms with Crippen LogP contribution in [0.1, 0.15) is 23.2 Å². The van der Waals surface area contributed by atoms with Gasteiger partial charge in [-0.05, 0) is 92.6 Å². The van der Waals surface area contributed by atoms with Gasteiger partial charge in [0.15, 0.2) is 5.11 Å². The number of hydrogen-bond donors (Lipinski definition) is 4. The van der Waals surface area contributed by atoms with Gasteiger partial charge in [-0.1, -0.05) is 6.07 Å². The number of fused-ring (bicyclic) bond motifs is 1. The van der Waals surface area contributed by atoms with Crippen LogP contribution in [0.15, 0.2) is 67.0 Å². The van der Waals surface area contributed by atoms with Gasteiger partial charge in [0.25, 0.3) is 0 Å². The van der Waals surface area contributed by atoms with Gasteiger partial charge in [-0.25, -0.2) is 0 Å². The maximum atomic E-state index is 9.43. The van der Waals surface area contributed by atoms with E-state index < -0.39 is 18.4 Å². The molecule has 0 aliphatic heterocycles. The number of anilines is 2. The molecule has 11 heteroatoms. The lowest BCUT2D eigenvalue weighted by Gasteiger charge is -2.24. The van der Waals surface area contributed by atoms with E-state index in [-0.39, 0.29) is 5.11 Å². The van der Waals surface area contributed by atoms with E-state index in [1.807, 2.05) is 47.6 Å². The van der Waals surface area contributed by atoms with E-state index in [1.54, 1.807) is 7.11 Å². The zero-order valence-electron chi connectivity index (χ0n) is 23.3. The maximum absolute atomic E-state index is 9.43. The van der Waals surface area contributed by atoms with Crippen LogP contribution in [-0.2, 0) is 22.4 Å². The molecule has 0 aliphatic rings. The average molecular weight is 578 g/mol. The molecule has 0 aliphatic carbocycles. The lowest BCUT2D eigenvalue weighted by atomic mass is 10.1. The van der Waals surface area contributed by atoms with E-state index in [9.17, 15) is 9.59 Å². The number of pyridine rings is 1. The lowest BCUT2D eigenvalue weighted by molar-refractivity contribution is -0.147. The van der Waals surface area contributed by atoms with E-state index >= 15 is 0 Å². The highest BCUT2D eigenvalue weighted by Crippen LogP contribution is 2.32. The summed E-state index contributed by atoms with van der Waals surface area (Å²) in [6, 6.07) is 18.2. The van der Waals surface area contributed by atoms with Crippen LogP contribution in [0.25, 0.3) is 10.9 Å². The van der Waals surface area contributed by atoms with Crippen LogP contribution in [0.3, 0.4) is 0 Å². The number of aliphatic carboxylic acids is 2. The third-order valence-corrected chi connectivity index (χ3v) is 6.65. The van der Waals surface area contributed by atoms with Crippen LogP contribution in [0.4, 0.5) is 11.4 Å². The number of rotatable bonds is 11. The number of aromatic amines is 1. The number of hydrogen-bond acceptors (Lipinski definition) is 6. The van der Waals surface area contributed by atoms with Crippen molar-refractivity contribution in [1.29, 1.82) is 0 Å². The summed E-state index contributed by atoms with van der Waals surface area (Å²) in [5, 5.41) is 16.9. The Labute approximate surface area is 244 Å². The number of carboxylic acid groups (broad SMARTS) is 2. The number of nitrogens with zero attached hydrogens (tertiary/aromatic N) is 3. The van der Waals surface area contributed by atoms with Crippen molar-refractivity contribution in [3.63, 3.8) is 0 Å². The lowest BCUT2D eigenvalue weighted by Crippen LogP contribution is -2.31. The molecule has 4 aromatic rings. The Kier molecular flexibility index (Phi) is 11.2. The number of aromatic nitrogens is 2. The van der Waals surface area contributed by atoms with Crippen molar-refractivity contribution in [1.82, 2.24) is 14.9 Å². The van der Waals surface area contributed by atoms with Crippen molar-refractivity contribution in [2.75, 3.05) is 32.1 Å². The van der Waals surface area contributed by atoms with E-state index in [2.05, 4.69) is 53.1 Å². The fourth-order valence-corrected chi connectivity index (χ4v) is 4.61. The van der Waals surface area contributed by atoms with Crippen molar-refractivity contribution in [3.05, 3.63) is 83.8 Å². The minimum absolute atomic E-state index is 0.289. The zero-order chi connectivity index (χ0) is 29.9. The number of nitrogens with two attached hydrogens (primary N) is 1. The molecule has 0 unspecified atom stereocenters. The van der Waals surface area contributed by atoms with Gasteiger partial charge >= 0.3 is 11.9 Å². The minimum atomic E-state index is -1.31. The van der Waals surface area contributed by atoms with Crippen LogP contribution in [0, 0.1) is 6.92 Å². The van der Waals surface area contributed by atoms with Gasteiger partial charge in [0.2, 0.25) is 0 Å². The highest BCUT2D eigenvalue weighted by molar-refractivity contribution is 7.80. The number of ether oxygens (including phenoxy) is 1. The van der Waals surface area contributed by atoms with Crippen LogP contribution < -0.4 is 15.4 Å². The maximum Gasteiger partial charge on any atom is 0.314 e. The van der Waals surface area contributed by atoms with Gasteiger partial charge in [-0.15, -0.1) is 0 Å². The number of nitrogens with one attached hydrogen (secondary N) is 1. The van der Waals surface area contributed by atoms with Crippen molar-refractivity contribution < 1.29 is 24.5 Å². The quantitative estimate of drug-likeness (QED) is 0.148. The van der Waals surface area contributed by atoms with Gasteiger partial charge in [0.05, 0.1) is 12.8 Å². The van der Waals surface area contributed by atoms with Crippen molar-refractivity contribution in [3.8, 4) is 5.75 Å². The van der Waals surface area contributed by atoms with Crippen molar-refractivity contribution >= 4 is 51.5 Å². The van der Waals surface area contributed by atoms with Gasteiger partial charge in [0, 0.05) is 53.8 Å². The molecule has 0 bridgehead atoms. The Balaban J connectivity index is 0.000000587. The molecule has 0 fully saturated rings. The number of methoxy groups -OCH3 is 1. The molecule has 5 N–H and O–H groups in total. The van der Waals surface area contributed by atoms with E-state index in [0.717, 1.165) is 48.6 Å². The van der Waals surface area contributed by atoms with Gasteiger partial charge in [0.1, 0.15) is 12.2 Å². The Morgan fingerprint density at radius 2 is 1.66 bits per heavy atom. The smallest absolute Gasteiger partial charge is 0.314 e. The number of H-pyrrole nitrogens is 1. The van der Waals surface area contributed by atoms with Gasteiger partial charge in [-0.2, -0.15) is 0 Å². The number of carbonyl (C=O) groups is 2. The molecule has 4 rings (SSSR count). The molecule has 0 amide bonds. The molecular formula is C30H35N5O5S. The Hall–Kier alpha value is -4.48. The highest BCUT2D eigenvalue weighted by atomic mass is 32.1. The predicted octanol–water partition coefficient (Wildman–Crippen LogP) is 4.52. The first-order valence-corrected chi connectivity index (χ1v) is 13.4. The first-order chi connectivity index (χ1) is 19.6. The predicted molar refractivity (Wildman–Crippen MR) is 164 cm³/mol. The fourth-order valence-electron chi connectivity index (χ4n) is 4.40. The topological polar surface area (TPSA) is 145 Å². The number of likely N-dealkylation sites (N-methyl/N-ethyl adjacent to an activating group) is 1. The third-order valence-electron chi connectivity index (χ3n) is 6.47. The number of thiocarbonyl (C=S) groups is 1. The van der Waals surface area contributed by atoms with Crippen molar-refractivity contribution in [2.45, 2.75) is 26.2 Å². The molecular weight excluding hydrogens is 542 g/mol. The molecule has 0 saturated heterocycles. The van der Waals surface area contributed by atoms with Crippen LogP contribution in [0.5, 0.6) is 5.75 Å². The largest absolute Gasteiger partial charge is 0.497 e.